The standard InChI is InChI=1S/C13H16O4/c1-13(12(15)16,8-3-4-8)9-5-6-10(14)11(7-9)17-2/h5-8,14H,3-4H2,1-2H3,(H,15,16). The summed E-state index contributed by atoms with van der Waals surface area (Å²) in [5, 5.41) is 18.9. The largest absolute Gasteiger partial charge is 0.504 e. The molecule has 4 nitrogen and oxygen atoms in total. The first-order chi connectivity index (χ1) is 8.00. The van der Waals surface area contributed by atoms with Crippen LogP contribution in [0, 0.1) is 5.92 Å². The summed E-state index contributed by atoms with van der Waals surface area (Å²) in [5.41, 5.74) is -0.205. The number of aliphatic carboxylic acids is 1. The Hall–Kier alpha value is -1.71. The van der Waals surface area contributed by atoms with Crippen molar-refractivity contribution in [1.82, 2.24) is 0 Å². The van der Waals surface area contributed by atoms with Gasteiger partial charge in [0, 0.05) is 0 Å². The van der Waals surface area contributed by atoms with E-state index in [0.717, 1.165) is 12.8 Å². The first kappa shape index (κ1) is 11.8. The highest BCUT2D eigenvalue weighted by molar-refractivity contribution is 5.82. The van der Waals surface area contributed by atoms with E-state index in [2.05, 4.69) is 0 Å². The number of phenols is 1. The number of hydrogen-bond acceptors (Lipinski definition) is 3. The number of methoxy groups -OCH3 is 1. The van der Waals surface area contributed by atoms with Crippen LogP contribution in [0.15, 0.2) is 18.2 Å². The van der Waals surface area contributed by atoms with E-state index >= 15 is 0 Å². The minimum Gasteiger partial charge on any atom is -0.504 e. The average molecular weight is 236 g/mol. The average Bonchev–Trinajstić information content (AvgIpc) is 3.12. The highest BCUT2D eigenvalue weighted by atomic mass is 16.5. The van der Waals surface area contributed by atoms with Gasteiger partial charge in [-0.25, -0.2) is 0 Å². The molecule has 0 saturated heterocycles. The third-order valence-electron chi connectivity index (χ3n) is 3.62. The van der Waals surface area contributed by atoms with Gasteiger partial charge in [0.15, 0.2) is 11.5 Å². The Morgan fingerprint density at radius 2 is 2.12 bits per heavy atom. The highest BCUT2D eigenvalue weighted by Gasteiger charge is 2.48. The zero-order valence-electron chi connectivity index (χ0n) is 9.93. The Morgan fingerprint density at radius 3 is 2.59 bits per heavy atom. The number of hydrogen-bond donors (Lipinski definition) is 2. The number of rotatable bonds is 4. The fourth-order valence-electron chi connectivity index (χ4n) is 2.20. The molecule has 1 atom stereocenters. The van der Waals surface area contributed by atoms with Crippen LogP contribution in [-0.4, -0.2) is 23.3 Å². The number of carboxylic acids is 1. The molecular weight excluding hydrogens is 220 g/mol. The summed E-state index contributed by atoms with van der Waals surface area (Å²) in [7, 11) is 1.45. The molecule has 1 fully saturated rings. The van der Waals surface area contributed by atoms with Gasteiger partial charge in [-0.2, -0.15) is 0 Å². The van der Waals surface area contributed by atoms with Crippen molar-refractivity contribution in [3.63, 3.8) is 0 Å². The van der Waals surface area contributed by atoms with Crippen LogP contribution in [0.25, 0.3) is 0 Å². The van der Waals surface area contributed by atoms with Crippen LogP contribution in [0.1, 0.15) is 25.3 Å². The zero-order valence-corrected chi connectivity index (χ0v) is 9.93. The van der Waals surface area contributed by atoms with Gasteiger partial charge < -0.3 is 14.9 Å². The summed E-state index contributed by atoms with van der Waals surface area (Å²) in [4.78, 5) is 11.5. The molecule has 0 heterocycles. The molecule has 0 bridgehead atoms. The van der Waals surface area contributed by atoms with Gasteiger partial charge in [0.2, 0.25) is 0 Å². The van der Waals surface area contributed by atoms with Crippen molar-refractivity contribution < 1.29 is 19.7 Å². The third-order valence-corrected chi connectivity index (χ3v) is 3.62. The van der Waals surface area contributed by atoms with Crippen LogP contribution < -0.4 is 4.74 Å². The maximum Gasteiger partial charge on any atom is 0.314 e. The van der Waals surface area contributed by atoms with Gasteiger partial charge in [-0.15, -0.1) is 0 Å². The second-order valence-electron chi connectivity index (χ2n) is 4.67. The van der Waals surface area contributed by atoms with Gasteiger partial charge >= 0.3 is 5.97 Å². The molecule has 2 N–H and O–H groups in total. The summed E-state index contributed by atoms with van der Waals surface area (Å²) in [5.74, 6) is -0.308. The van der Waals surface area contributed by atoms with E-state index in [1.54, 1.807) is 19.1 Å². The molecular formula is C13H16O4. The fourth-order valence-corrected chi connectivity index (χ4v) is 2.20. The van der Waals surface area contributed by atoms with Gasteiger partial charge in [0.1, 0.15) is 0 Å². The smallest absolute Gasteiger partial charge is 0.314 e. The lowest BCUT2D eigenvalue weighted by Gasteiger charge is -2.25. The SMILES string of the molecule is COc1cc(C(C)(C(=O)O)C2CC2)ccc1O. The predicted octanol–water partition coefficient (Wildman–Crippen LogP) is 2.15. The first-order valence-electron chi connectivity index (χ1n) is 5.61. The summed E-state index contributed by atoms with van der Waals surface area (Å²) in [6.07, 6.45) is 1.87. The maximum absolute atomic E-state index is 11.5. The van der Waals surface area contributed by atoms with Crippen LogP contribution in [-0.2, 0) is 10.2 Å². The number of ether oxygens (including phenoxy) is 1. The predicted molar refractivity (Wildman–Crippen MR) is 62.4 cm³/mol. The summed E-state index contributed by atoms with van der Waals surface area (Å²) >= 11 is 0. The quantitative estimate of drug-likeness (QED) is 0.840. The van der Waals surface area contributed by atoms with Gasteiger partial charge in [0.25, 0.3) is 0 Å². The molecule has 0 aromatic heterocycles. The van der Waals surface area contributed by atoms with Gasteiger partial charge in [-0.1, -0.05) is 6.07 Å². The molecule has 0 spiro atoms. The van der Waals surface area contributed by atoms with Crippen molar-refractivity contribution >= 4 is 5.97 Å². The molecule has 1 aliphatic rings. The molecule has 0 amide bonds. The van der Waals surface area contributed by atoms with Crippen molar-refractivity contribution in [3.8, 4) is 11.5 Å². The highest BCUT2D eigenvalue weighted by Crippen LogP contribution is 2.48. The molecule has 1 aromatic carbocycles. The molecule has 4 heteroatoms. The second kappa shape index (κ2) is 3.95. The minimum absolute atomic E-state index is 0.0276. The van der Waals surface area contributed by atoms with Crippen LogP contribution >= 0.6 is 0 Å². The molecule has 1 unspecified atom stereocenters. The molecule has 1 aliphatic carbocycles. The van der Waals surface area contributed by atoms with Gasteiger partial charge in [-0.05, 0) is 43.4 Å². The monoisotopic (exact) mass is 236 g/mol. The van der Waals surface area contributed by atoms with E-state index in [0.29, 0.717) is 11.3 Å². The summed E-state index contributed by atoms with van der Waals surface area (Å²) in [6, 6.07) is 4.75. The topological polar surface area (TPSA) is 66.8 Å². The first-order valence-corrected chi connectivity index (χ1v) is 5.61. The molecule has 0 radical (unpaired) electrons. The number of aromatic hydroxyl groups is 1. The third kappa shape index (κ3) is 1.84. The van der Waals surface area contributed by atoms with Crippen molar-refractivity contribution in [1.29, 1.82) is 0 Å². The number of carbonyl (C=O) groups is 1. The molecule has 1 saturated carbocycles. The van der Waals surface area contributed by atoms with Gasteiger partial charge in [-0.3, -0.25) is 4.79 Å². The minimum atomic E-state index is -0.888. The summed E-state index contributed by atoms with van der Waals surface area (Å²) < 4.78 is 5.02. The fraction of sp³-hybridized carbons (Fsp3) is 0.462. The lowest BCUT2D eigenvalue weighted by Crippen LogP contribution is -2.34. The van der Waals surface area contributed by atoms with Crippen LogP contribution in [0.2, 0.25) is 0 Å². The van der Waals surface area contributed by atoms with E-state index in [1.165, 1.54) is 13.2 Å². The Balaban J connectivity index is 2.47. The lowest BCUT2D eigenvalue weighted by molar-refractivity contribution is -0.144. The molecule has 92 valence electrons. The second-order valence-corrected chi connectivity index (χ2v) is 4.67. The van der Waals surface area contributed by atoms with E-state index in [-0.39, 0.29) is 11.7 Å². The van der Waals surface area contributed by atoms with Crippen LogP contribution in [0.4, 0.5) is 0 Å². The van der Waals surface area contributed by atoms with Crippen LogP contribution in [0.5, 0.6) is 11.5 Å². The van der Waals surface area contributed by atoms with Gasteiger partial charge in [0.05, 0.1) is 12.5 Å². The number of benzene rings is 1. The van der Waals surface area contributed by atoms with E-state index in [9.17, 15) is 15.0 Å². The Morgan fingerprint density at radius 1 is 1.47 bits per heavy atom. The Bertz CT molecular complexity index is 451. The number of carboxylic acid groups (broad SMARTS) is 1. The van der Waals surface area contributed by atoms with Crippen molar-refractivity contribution in [2.24, 2.45) is 5.92 Å². The van der Waals surface area contributed by atoms with E-state index in [1.807, 2.05) is 0 Å². The van der Waals surface area contributed by atoms with Crippen LogP contribution in [0.3, 0.4) is 0 Å². The Labute approximate surface area is 99.8 Å². The van der Waals surface area contributed by atoms with E-state index in [4.69, 9.17) is 4.74 Å². The Kier molecular flexibility index (Phi) is 2.73. The molecule has 1 aromatic rings. The summed E-state index contributed by atoms with van der Waals surface area (Å²) in [6.45, 7) is 1.73. The van der Waals surface area contributed by atoms with Crippen molar-refractivity contribution in [2.45, 2.75) is 25.2 Å². The normalized spacial score (nSPS) is 18.5. The van der Waals surface area contributed by atoms with E-state index < -0.39 is 11.4 Å². The van der Waals surface area contributed by atoms with Crippen molar-refractivity contribution in [3.05, 3.63) is 23.8 Å². The molecule has 0 aliphatic heterocycles. The zero-order chi connectivity index (χ0) is 12.6. The van der Waals surface area contributed by atoms with Crippen molar-refractivity contribution in [2.75, 3.05) is 7.11 Å². The molecule has 17 heavy (non-hydrogen) atoms. The lowest BCUT2D eigenvalue weighted by atomic mass is 9.78. The maximum atomic E-state index is 11.5. The molecule has 2 rings (SSSR count). The number of phenolic OH excluding ortho intramolecular Hbond substituents is 1.